The number of rotatable bonds is 7. The molecule has 0 unspecified atom stereocenters. The van der Waals surface area contributed by atoms with Crippen molar-refractivity contribution in [2.24, 2.45) is 11.7 Å². The molecule has 0 aromatic carbocycles. The van der Waals surface area contributed by atoms with Gasteiger partial charge in [-0.2, -0.15) is 9.78 Å². The van der Waals surface area contributed by atoms with Gasteiger partial charge >= 0.3 is 0 Å². The molecule has 2 amide bonds. The van der Waals surface area contributed by atoms with Gasteiger partial charge in [0, 0.05) is 18.5 Å². The highest BCUT2D eigenvalue weighted by atomic mass is 35.5. The number of aromatic nitrogens is 4. The number of hydrogen-bond acceptors (Lipinski definition) is 6. The van der Waals surface area contributed by atoms with E-state index in [-0.39, 0.29) is 42.6 Å². The van der Waals surface area contributed by atoms with Crippen molar-refractivity contribution < 1.29 is 9.59 Å². The van der Waals surface area contributed by atoms with E-state index in [9.17, 15) is 9.59 Å². The summed E-state index contributed by atoms with van der Waals surface area (Å²) in [5, 5.41) is 9.72. The van der Waals surface area contributed by atoms with E-state index in [0.717, 1.165) is 5.69 Å². The molecular formula is C17H26ClN7O2. The summed E-state index contributed by atoms with van der Waals surface area (Å²) >= 11 is 0. The monoisotopic (exact) mass is 395 g/mol. The van der Waals surface area contributed by atoms with Crippen molar-refractivity contribution in [1.82, 2.24) is 25.1 Å². The van der Waals surface area contributed by atoms with E-state index in [1.165, 1.54) is 4.68 Å². The number of anilines is 1. The van der Waals surface area contributed by atoms with Crippen molar-refractivity contribution in [3.8, 4) is 5.95 Å². The van der Waals surface area contributed by atoms with Crippen LogP contribution in [0, 0.1) is 5.92 Å². The number of carbonyl (C=O) groups is 2. The number of amides is 2. The molecule has 0 saturated carbocycles. The van der Waals surface area contributed by atoms with Crippen LogP contribution < -0.4 is 16.4 Å². The van der Waals surface area contributed by atoms with Gasteiger partial charge in [-0.25, -0.2) is 9.97 Å². The molecule has 1 atom stereocenters. The fraction of sp³-hybridized carbons (Fsp3) is 0.471. The second-order valence-electron chi connectivity index (χ2n) is 6.61. The third kappa shape index (κ3) is 6.00. The van der Waals surface area contributed by atoms with Gasteiger partial charge in [-0.1, -0.05) is 27.7 Å². The first-order chi connectivity index (χ1) is 12.3. The van der Waals surface area contributed by atoms with E-state index < -0.39 is 6.04 Å². The first-order valence-corrected chi connectivity index (χ1v) is 8.50. The lowest BCUT2D eigenvalue weighted by molar-refractivity contribution is -0.125. The van der Waals surface area contributed by atoms with Crippen LogP contribution in [0.25, 0.3) is 5.95 Å². The second-order valence-corrected chi connectivity index (χ2v) is 6.61. The van der Waals surface area contributed by atoms with Crippen LogP contribution in [-0.2, 0) is 9.59 Å². The highest BCUT2D eigenvalue weighted by molar-refractivity contribution is 5.94. The summed E-state index contributed by atoms with van der Waals surface area (Å²) in [5.41, 5.74) is 6.55. The maximum atomic E-state index is 12.2. The third-order valence-corrected chi connectivity index (χ3v) is 3.77. The van der Waals surface area contributed by atoms with Gasteiger partial charge in [0.2, 0.25) is 11.8 Å². The van der Waals surface area contributed by atoms with Crippen LogP contribution in [0.4, 0.5) is 5.82 Å². The summed E-state index contributed by atoms with van der Waals surface area (Å²) in [6.07, 6.45) is 3.19. The molecule has 2 aromatic rings. The molecule has 0 bridgehead atoms. The van der Waals surface area contributed by atoms with E-state index in [4.69, 9.17) is 5.73 Å². The fourth-order valence-electron chi connectivity index (χ4n) is 2.10. The molecular weight excluding hydrogens is 370 g/mol. The Morgan fingerprint density at radius 2 is 1.81 bits per heavy atom. The maximum absolute atomic E-state index is 12.2. The van der Waals surface area contributed by atoms with Crippen molar-refractivity contribution in [3.05, 3.63) is 30.2 Å². The van der Waals surface area contributed by atoms with E-state index in [1.807, 2.05) is 27.7 Å². The predicted molar refractivity (Wildman–Crippen MR) is 105 cm³/mol. The summed E-state index contributed by atoms with van der Waals surface area (Å²) in [6.45, 7) is 7.50. The van der Waals surface area contributed by atoms with Crippen LogP contribution >= 0.6 is 12.4 Å². The molecule has 27 heavy (non-hydrogen) atoms. The molecule has 0 radical (unpaired) electrons. The Bertz CT molecular complexity index is 762. The molecule has 0 spiro atoms. The maximum Gasteiger partial charge on any atom is 0.252 e. The molecule has 0 aliphatic rings. The average molecular weight is 396 g/mol. The Kier molecular flexibility index (Phi) is 8.32. The van der Waals surface area contributed by atoms with Gasteiger partial charge in [-0.05, 0) is 17.9 Å². The van der Waals surface area contributed by atoms with E-state index in [0.29, 0.717) is 11.8 Å². The smallest absolute Gasteiger partial charge is 0.252 e. The largest absolute Gasteiger partial charge is 0.346 e. The molecule has 2 heterocycles. The number of halogens is 1. The predicted octanol–water partition coefficient (Wildman–Crippen LogP) is 1.25. The van der Waals surface area contributed by atoms with E-state index in [1.54, 1.807) is 24.5 Å². The summed E-state index contributed by atoms with van der Waals surface area (Å²) < 4.78 is 1.47. The van der Waals surface area contributed by atoms with Gasteiger partial charge in [-0.3, -0.25) is 9.59 Å². The van der Waals surface area contributed by atoms with Crippen molar-refractivity contribution in [2.75, 3.05) is 11.9 Å². The molecule has 10 heteroatoms. The van der Waals surface area contributed by atoms with E-state index in [2.05, 4.69) is 25.7 Å². The van der Waals surface area contributed by atoms with Crippen molar-refractivity contribution in [1.29, 1.82) is 0 Å². The molecule has 0 saturated heterocycles. The van der Waals surface area contributed by atoms with Gasteiger partial charge < -0.3 is 16.4 Å². The lowest BCUT2D eigenvalue weighted by atomic mass is 10.1. The normalized spacial score (nSPS) is 11.8. The number of nitrogens with one attached hydrogen (secondary N) is 2. The SMILES string of the molecule is CC(C)c1cc(NC(=O)CNC(=O)[C@@H](N)C(C)C)n(-c2ncccn2)n1.Cl. The summed E-state index contributed by atoms with van der Waals surface area (Å²) in [6, 6.07) is 2.81. The van der Waals surface area contributed by atoms with E-state index >= 15 is 0 Å². The first-order valence-electron chi connectivity index (χ1n) is 8.50. The zero-order valence-corrected chi connectivity index (χ0v) is 16.7. The van der Waals surface area contributed by atoms with Crippen LogP contribution in [0.5, 0.6) is 0 Å². The van der Waals surface area contributed by atoms with Gasteiger partial charge in [-0.15, -0.1) is 12.4 Å². The molecule has 2 rings (SSSR count). The zero-order valence-electron chi connectivity index (χ0n) is 15.8. The number of carbonyl (C=O) groups excluding carboxylic acids is 2. The van der Waals surface area contributed by atoms with Crippen LogP contribution in [0.15, 0.2) is 24.5 Å². The summed E-state index contributed by atoms with van der Waals surface area (Å²) in [4.78, 5) is 32.4. The molecule has 0 aliphatic carbocycles. The van der Waals surface area contributed by atoms with Crippen LogP contribution in [-0.4, -0.2) is 44.1 Å². The average Bonchev–Trinajstić information content (AvgIpc) is 3.03. The summed E-state index contributed by atoms with van der Waals surface area (Å²) in [5.74, 6) is 0.190. The Labute approximate surface area is 164 Å². The number of hydrogen-bond donors (Lipinski definition) is 3. The molecule has 4 N–H and O–H groups in total. The Balaban J connectivity index is 0.00000364. The van der Waals surface area contributed by atoms with Crippen LogP contribution in [0.1, 0.15) is 39.3 Å². The van der Waals surface area contributed by atoms with Gasteiger partial charge in [0.25, 0.3) is 5.95 Å². The lowest BCUT2D eigenvalue weighted by Crippen LogP contribution is -2.46. The Hall–Kier alpha value is -2.52. The Morgan fingerprint density at radius 3 is 2.37 bits per heavy atom. The standard InChI is InChI=1S/C17H25N7O2.ClH/c1-10(2)12-8-13(24(23-12)17-19-6-5-7-20-17)22-14(25)9-21-16(26)15(18)11(3)4;/h5-8,10-11,15H,9,18H2,1-4H3,(H,21,26)(H,22,25);1H/t15-;/m0./s1. The zero-order chi connectivity index (χ0) is 19.3. The minimum atomic E-state index is -0.654. The molecule has 148 valence electrons. The Morgan fingerprint density at radius 1 is 1.19 bits per heavy atom. The molecule has 0 fully saturated rings. The van der Waals surface area contributed by atoms with Crippen LogP contribution in [0.2, 0.25) is 0 Å². The number of nitrogens with two attached hydrogens (primary N) is 1. The molecule has 2 aromatic heterocycles. The molecule has 0 aliphatic heterocycles. The fourth-order valence-corrected chi connectivity index (χ4v) is 2.10. The van der Waals surface area contributed by atoms with Crippen molar-refractivity contribution in [2.45, 2.75) is 39.7 Å². The van der Waals surface area contributed by atoms with Gasteiger partial charge in [0.05, 0.1) is 18.3 Å². The van der Waals surface area contributed by atoms with Crippen molar-refractivity contribution >= 4 is 30.0 Å². The lowest BCUT2D eigenvalue weighted by Gasteiger charge is -2.15. The topological polar surface area (TPSA) is 128 Å². The highest BCUT2D eigenvalue weighted by Crippen LogP contribution is 2.20. The first kappa shape index (κ1) is 22.5. The summed E-state index contributed by atoms with van der Waals surface area (Å²) in [7, 11) is 0. The quantitative estimate of drug-likeness (QED) is 0.647. The molecule has 9 nitrogen and oxygen atoms in total. The minimum Gasteiger partial charge on any atom is -0.346 e. The number of nitrogens with zero attached hydrogens (tertiary/aromatic N) is 4. The van der Waals surface area contributed by atoms with Crippen LogP contribution in [0.3, 0.4) is 0 Å². The van der Waals surface area contributed by atoms with Gasteiger partial charge in [0.1, 0.15) is 5.82 Å². The minimum absolute atomic E-state index is 0. The second kappa shape index (κ2) is 9.98. The van der Waals surface area contributed by atoms with Crippen molar-refractivity contribution in [3.63, 3.8) is 0 Å². The third-order valence-electron chi connectivity index (χ3n) is 3.77. The van der Waals surface area contributed by atoms with Gasteiger partial charge in [0.15, 0.2) is 0 Å². The highest BCUT2D eigenvalue weighted by Gasteiger charge is 2.19.